The van der Waals surface area contributed by atoms with Crippen LogP contribution in [0.4, 0.5) is 0 Å². The maximum Gasteiger partial charge on any atom is 0.361 e. The van der Waals surface area contributed by atoms with Crippen LogP contribution in [0.3, 0.4) is 0 Å². The second-order valence-corrected chi connectivity index (χ2v) is 7.10. The molecule has 0 aliphatic rings. The molecule has 7 nitrogen and oxygen atoms in total. The second kappa shape index (κ2) is 8.04. The Morgan fingerprint density at radius 3 is 2.39 bits per heavy atom. The predicted molar refractivity (Wildman–Crippen MR) is 104 cm³/mol. The summed E-state index contributed by atoms with van der Waals surface area (Å²) in [5, 5.41) is 0. The minimum atomic E-state index is -0.741. The summed E-state index contributed by atoms with van der Waals surface area (Å²) in [4.78, 5) is 36.3. The lowest BCUT2D eigenvalue weighted by atomic mass is 10.2. The Hall–Kier alpha value is -3.48. The lowest BCUT2D eigenvalue weighted by molar-refractivity contribution is 0.00578. The molecule has 28 heavy (non-hydrogen) atoms. The highest BCUT2D eigenvalue weighted by molar-refractivity contribution is 5.91. The van der Waals surface area contributed by atoms with E-state index in [4.69, 9.17) is 9.47 Å². The summed E-state index contributed by atoms with van der Waals surface area (Å²) in [6.07, 6.45) is 3.14. The third-order valence-corrected chi connectivity index (χ3v) is 3.65. The quantitative estimate of drug-likeness (QED) is 0.683. The third-order valence-electron chi connectivity index (χ3n) is 3.65. The van der Waals surface area contributed by atoms with E-state index in [-0.39, 0.29) is 23.9 Å². The Labute approximate surface area is 162 Å². The summed E-state index contributed by atoms with van der Waals surface area (Å²) < 4.78 is 11.1. The monoisotopic (exact) mass is 379 g/mol. The zero-order valence-corrected chi connectivity index (χ0v) is 15.9. The van der Waals surface area contributed by atoms with Crippen molar-refractivity contribution in [1.29, 1.82) is 0 Å². The summed E-state index contributed by atoms with van der Waals surface area (Å²) in [5.74, 6) is -0.659. The van der Waals surface area contributed by atoms with Crippen molar-refractivity contribution in [2.45, 2.75) is 33.0 Å². The summed E-state index contributed by atoms with van der Waals surface area (Å²) in [5.41, 5.74) is 0.0105. The molecule has 0 saturated heterocycles. The molecule has 1 N–H and O–H groups in total. The van der Waals surface area contributed by atoms with Crippen molar-refractivity contribution in [2.75, 3.05) is 0 Å². The molecule has 0 radical (unpaired) electrons. The molecule has 2 aromatic heterocycles. The Balaban J connectivity index is 2.01. The molecule has 0 atom stereocenters. The molecule has 0 aliphatic heterocycles. The number of hydrogen-bond acceptors (Lipinski definition) is 6. The van der Waals surface area contributed by atoms with E-state index in [9.17, 15) is 9.59 Å². The molecular formula is C21H21N3O4. The molecule has 0 unspecified atom stereocenters. The van der Waals surface area contributed by atoms with Crippen LogP contribution in [0.15, 0.2) is 59.7 Å². The van der Waals surface area contributed by atoms with E-state index in [1.54, 1.807) is 45.3 Å². The third kappa shape index (κ3) is 4.82. The summed E-state index contributed by atoms with van der Waals surface area (Å²) in [7, 11) is 0. The van der Waals surface area contributed by atoms with Crippen molar-refractivity contribution in [3.05, 3.63) is 76.5 Å². The molecular weight excluding hydrogens is 358 g/mol. The van der Waals surface area contributed by atoms with Gasteiger partial charge in [-0.25, -0.2) is 9.78 Å². The van der Waals surface area contributed by atoms with Crippen LogP contribution in [0, 0.1) is 0 Å². The standard InChI is InChI=1S/C21H21N3O4/c1-21(2,3)28-20(26)16-17(27-13-14-7-5-4-6-8-14)19(25)24-18(23-16)15-9-11-22-12-10-15/h4-12H,13H2,1-3H3,(H,23,24,25). The fourth-order valence-electron chi connectivity index (χ4n) is 2.44. The number of benzene rings is 1. The van der Waals surface area contributed by atoms with Gasteiger partial charge in [-0.15, -0.1) is 0 Å². The molecule has 0 amide bonds. The summed E-state index contributed by atoms with van der Waals surface area (Å²) >= 11 is 0. The summed E-state index contributed by atoms with van der Waals surface area (Å²) in [6.45, 7) is 5.35. The van der Waals surface area contributed by atoms with E-state index in [2.05, 4.69) is 15.0 Å². The Morgan fingerprint density at radius 1 is 1.07 bits per heavy atom. The van der Waals surface area contributed by atoms with Gasteiger partial charge in [0.2, 0.25) is 5.75 Å². The van der Waals surface area contributed by atoms with Gasteiger partial charge in [-0.1, -0.05) is 30.3 Å². The number of H-pyrrole nitrogens is 1. The predicted octanol–water partition coefficient (Wildman–Crippen LogP) is 3.37. The molecule has 144 valence electrons. The molecule has 0 bridgehead atoms. The zero-order valence-electron chi connectivity index (χ0n) is 15.9. The van der Waals surface area contributed by atoms with Gasteiger partial charge in [0.1, 0.15) is 18.0 Å². The molecule has 0 spiro atoms. The maximum absolute atomic E-state index is 12.7. The van der Waals surface area contributed by atoms with Crippen molar-refractivity contribution in [2.24, 2.45) is 0 Å². The topological polar surface area (TPSA) is 94.2 Å². The van der Waals surface area contributed by atoms with Crippen LogP contribution in [-0.4, -0.2) is 26.5 Å². The van der Waals surface area contributed by atoms with Crippen LogP contribution < -0.4 is 10.3 Å². The van der Waals surface area contributed by atoms with Crippen molar-refractivity contribution in [1.82, 2.24) is 15.0 Å². The van der Waals surface area contributed by atoms with E-state index in [0.717, 1.165) is 5.56 Å². The average Bonchev–Trinajstić information content (AvgIpc) is 2.66. The lowest BCUT2D eigenvalue weighted by Gasteiger charge is -2.20. The number of ether oxygens (including phenoxy) is 2. The van der Waals surface area contributed by atoms with Crippen molar-refractivity contribution < 1.29 is 14.3 Å². The number of rotatable bonds is 5. The molecule has 7 heteroatoms. The van der Waals surface area contributed by atoms with Gasteiger partial charge in [-0.05, 0) is 38.5 Å². The Kier molecular flexibility index (Phi) is 5.54. The van der Waals surface area contributed by atoms with Gasteiger partial charge < -0.3 is 14.5 Å². The van der Waals surface area contributed by atoms with Crippen LogP contribution in [0.2, 0.25) is 0 Å². The Morgan fingerprint density at radius 2 is 1.75 bits per heavy atom. The van der Waals surface area contributed by atoms with Crippen molar-refractivity contribution in [3.63, 3.8) is 0 Å². The van der Waals surface area contributed by atoms with Gasteiger partial charge in [-0.2, -0.15) is 0 Å². The number of hydrogen-bond donors (Lipinski definition) is 1. The number of nitrogens with zero attached hydrogens (tertiary/aromatic N) is 2. The fourth-order valence-corrected chi connectivity index (χ4v) is 2.44. The first-order chi connectivity index (χ1) is 13.3. The highest BCUT2D eigenvalue weighted by Crippen LogP contribution is 2.21. The van der Waals surface area contributed by atoms with Crippen LogP contribution >= 0.6 is 0 Å². The molecule has 3 rings (SSSR count). The van der Waals surface area contributed by atoms with E-state index in [1.165, 1.54) is 0 Å². The number of carbonyl (C=O) groups excluding carboxylic acids is 1. The van der Waals surface area contributed by atoms with Crippen LogP contribution in [-0.2, 0) is 11.3 Å². The lowest BCUT2D eigenvalue weighted by Crippen LogP contribution is -2.27. The fraction of sp³-hybridized carbons (Fsp3) is 0.238. The molecule has 0 aliphatic carbocycles. The van der Waals surface area contributed by atoms with E-state index in [1.807, 2.05) is 30.3 Å². The number of aromatic nitrogens is 3. The number of carbonyl (C=O) groups is 1. The van der Waals surface area contributed by atoms with Gasteiger partial charge >= 0.3 is 5.97 Å². The van der Waals surface area contributed by atoms with Crippen molar-refractivity contribution in [3.8, 4) is 17.1 Å². The van der Waals surface area contributed by atoms with Crippen LogP contribution in [0.25, 0.3) is 11.4 Å². The first-order valence-electron chi connectivity index (χ1n) is 8.78. The van der Waals surface area contributed by atoms with Crippen molar-refractivity contribution >= 4 is 5.97 Å². The minimum absolute atomic E-state index is 0.121. The van der Waals surface area contributed by atoms with Crippen LogP contribution in [0.1, 0.15) is 36.8 Å². The highest BCUT2D eigenvalue weighted by atomic mass is 16.6. The Bertz CT molecular complexity index is 1010. The maximum atomic E-state index is 12.7. The van der Waals surface area contributed by atoms with Gasteiger partial charge in [0.05, 0.1) is 0 Å². The highest BCUT2D eigenvalue weighted by Gasteiger charge is 2.26. The van der Waals surface area contributed by atoms with E-state index < -0.39 is 17.1 Å². The first kappa shape index (κ1) is 19.3. The number of aromatic amines is 1. The zero-order chi connectivity index (χ0) is 20.1. The molecule has 0 saturated carbocycles. The van der Waals surface area contributed by atoms with Gasteiger partial charge in [0, 0.05) is 18.0 Å². The molecule has 0 fully saturated rings. The molecule has 1 aromatic carbocycles. The first-order valence-corrected chi connectivity index (χ1v) is 8.78. The number of nitrogens with one attached hydrogen (secondary N) is 1. The molecule has 2 heterocycles. The largest absolute Gasteiger partial charge is 0.481 e. The van der Waals surface area contributed by atoms with Gasteiger partial charge in [0.15, 0.2) is 5.69 Å². The van der Waals surface area contributed by atoms with Crippen LogP contribution in [0.5, 0.6) is 5.75 Å². The smallest absolute Gasteiger partial charge is 0.361 e. The van der Waals surface area contributed by atoms with E-state index >= 15 is 0 Å². The van der Waals surface area contributed by atoms with Gasteiger partial charge in [0.25, 0.3) is 5.56 Å². The summed E-state index contributed by atoms with van der Waals surface area (Å²) in [6, 6.07) is 12.7. The van der Waals surface area contributed by atoms with E-state index in [0.29, 0.717) is 5.56 Å². The average molecular weight is 379 g/mol. The number of pyridine rings is 1. The SMILES string of the molecule is CC(C)(C)OC(=O)c1nc(-c2ccncc2)[nH]c(=O)c1OCc1ccccc1. The normalized spacial score (nSPS) is 11.1. The van der Waals surface area contributed by atoms with Gasteiger partial charge in [-0.3, -0.25) is 9.78 Å². The second-order valence-electron chi connectivity index (χ2n) is 7.10. The molecule has 3 aromatic rings. The number of esters is 1. The minimum Gasteiger partial charge on any atom is -0.481 e.